The summed E-state index contributed by atoms with van der Waals surface area (Å²) in [4.78, 5) is 29.9. The van der Waals surface area contributed by atoms with E-state index in [9.17, 15) is 9.59 Å². The molecule has 0 bridgehead atoms. The predicted octanol–water partition coefficient (Wildman–Crippen LogP) is 3.20. The molecule has 0 aliphatic carbocycles. The lowest BCUT2D eigenvalue weighted by Gasteiger charge is -2.34. The second-order valence-electron chi connectivity index (χ2n) is 7.60. The van der Waals surface area contributed by atoms with Crippen LogP contribution < -0.4 is 15.9 Å². The summed E-state index contributed by atoms with van der Waals surface area (Å²) in [7, 11) is 1.34. The van der Waals surface area contributed by atoms with Crippen LogP contribution in [-0.4, -0.2) is 29.2 Å². The molecule has 3 aromatic carbocycles. The molecule has 0 saturated carbocycles. The number of halogens is 1. The number of hydrazone groups is 1. The fourth-order valence-electron chi connectivity index (χ4n) is 3.75. The summed E-state index contributed by atoms with van der Waals surface area (Å²) in [6.45, 7) is 0. The van der Waals surface area contributed by atoms with Crippen molar-refractivity contribution < 1.29 is 14.3 Å². The molecular formula is C25H19ClN4O3S. The number of fused-ring (bicyclic) bond motifs is 2. The zero-order valence-electron chi connectivity index (χ0n) is 18.1. The highest BCUT2D eigenvalue weighted by Crippen LogP contribution is 2.31. The molecule has 3 aromatic rings. The number of nitrogens with zero attached hydrogens (tertiary/aromatic N) is 3. The molecule has 0 spiro atoms. The number of thioether (sulfide) groups is 1. The highest BCUT2D eigenvalue weighted by Gasteiger charge is 2.34. The second kappa shape index (κ2) is 9.32. The molecule has 2 aliphatic rings. The number of carbonyl (C=O) groups is 2. The third-order valence-corrected chi connectivity index (χ3v) is 6.62. The highest BCUT2D eigenvalue weighted by molar-refractivity contribution is 8.13. The largest absolute Gasteiger partial charge is 0.465 e. The molecule has 34 heavy (non-hydrogen) atoms. The van der Waals surface area contributed by atoms with Crippen molar-refractivity contribution in [1.29, 1.82) is 0 Å². The van der Waals surface area contributed by atoms with Gasteiger partial charge in [-0.25, -0.2) is 9.80 Å². The Morgan fingerprint density at radius 1 is 1.09 bits per heavy atom. The van der Waals surface area contributed by atoms with E-state index < -0.39 is 12.1 Å². The highest BCUT2D eigenvalue weighted by atomic mass is 35.5. The number of esters is 1. The molecular weight excluding hydrogens is 472 g/mol. The Bertz CT molecular complexity index is 1420. The Morgan fingerprint density at radius 2 is 1.82 bits per heavy atom. The maximum Gasteiger partial charge on any atom is 0.337 e. The number of benzene rings is 3. The van der Waals surface area contributed by atoms with E-state index in [1.165, 1.54) is 18.9 Å². The van der Waals surface area contributed by atoms with Crippen LogP contribution in [0.5, 0.6) is 0 Å². The normalized spacial score (nSPS) is 16.6. The van der Waals surface area contributed by atoms with Crippen molar-refractivity contribution in [2.24, 2.45) is 10.1 Å². The van der Waals surface area contributed by atoms with Crippen LogP contribution in [0.15, 0.2) is 82.9 Å². The summed E-state index contributed by atoms with van der Waals surface area (Å²) in [5, 5.41) is 11.9. The van der Waals surface area contributed by atoms with E-state index in [-0.39, 0.29) is 5.91 Å². The molecule has 1 amide bonds. The average molecular weight is 491 g/mol. The molecule has 0 radical (unpaired) electrons. The van der Waals surface area contributed by atoms with Gasteiger partial charge in [-0.15, -0.1) is 5.10 Å². The van der Waals surface area contributed by atoms with Gasteiger partial charge in [-0.1, -0.05) is 65.8 Å². The van der Waals surface area contributed by atoms with Crippen LogP contribution in [0.4, 0.5) is 0 Å². The molecule has 1 N–H and O–H groups in total. The smallest absolute Gasteiger partial charge is 0.337 e. The Morgan fingerprint density at radius 3 is 2.56 bits per heavy atom. The summed E-state index contributed by atoms with van der Waals surface area (Å²) >= 11 is 7.39. The molecule has 5 rings (SSSR count). The molecule has 1 atom stereocenters. The molecule has 0 unspecified atom stereocenters. The molecule has 0 aromatic heterocycles. The number of rotatable bonds is 4. The lowest BCUT2D eigenvalue weighted by Crippen LogP contribution is -2.50. The van der Waals surface area contributed by atoms with Gasteiger partial charge in [0.1, 0.15) is 5.70 Å². The lowest BCUT2D eigenvalue weighted by molar-refractivity contribution is -0.116. The Hall–Kier alpha value is -3.62. The molecule has 0 saturated heterocycles. The molecule has 2 heterocycles. The van der Waals surface area contributed by atoms with Gasteiger partial charge < -0.3 is 4.74 Å². The topological polar surface area (TPSA) is 83.4 Å². The number of carbonyl (C=O) groups excluding carboxylic acids is 2. The van der Waals surface area contributed by atoms with Gasteiger partial charge in [0.05, 0.1) is 18.0 Å². The van der Waals surface area contributed by atoms with Crippen molar-refractivity contribution in [3.63, 3.8) is 0 Å². The van der Waals surface area contributed by atoms with Gasteiger partial charge in [-0.3, -0.25) is 15.1 Å². The van der Waals surface area contributed by atoms with Crippen molar-refractivity contribution in [2.75, 3.05) is 7.11 Å². The van der Waals surface area contributed by atoms with Crippen LogP contribution in [-0.2, 0) is 15.3 Å². The van der Waals surface area contributed by atoms with E-state index in [1.54, 1.807) is 29.3 Å². The number of ether oxygens (including phenoxy) is 1. The van der Waals surface area contributed by atoms with Crippen LogP contribution in [0.2, 0.25) is 5.02 Å². The van der Waals surface area contributed by atoms with Gasteiger partial charge in [0.25, 0.3) is 5.91 Å². The number of amidine groups is 1. The molecule has 0 fully saturated rings. The zero-order valence-corrected chi connectivity index (χ0v) is 19.6. The standard InChI is InChI=1S/C25H19ClN4O3S/c1-33-24(32)17-10-8-16(9-11-17)22-27-20-5-3-2-4-19(20)21-23(31)28-25(29-30(21)22)34-14-15-6-12-18(26)13-7-15/h2-13,22H,14H2,1H3,(H,28,29,31)/t22-/m1/s1. The van der Waals surface area contributed by atoms with Crippen LogP contribution in [0, 0.1) is 0 Å². The van der Waals surface area contributed by atoms with Crippen molar-refractivity contribution >= 4 is 46.1 Å². The fraction of sp³-hybridized carbons (Fsp3) is 0.120. The third kappa shape index (κ3) is 4.30. The number of nitrogens with one attached hydrogen (secondary N) is 1. The van der Waals surface area contributed by atoms with Gasteiger partial charge >= 0.3 is 5.97 Å². The SMILES string of the molecule is COC(=O)c1ccc([C@@H]2N=c3ccccc3=C3C(=O)NC(SCc4ccc(Cl)cc4)=NN32)cc1. The number of methoxy groups -OCH3 is 1. The average Bonchev–Trinajstić information content (AvgIpc) is 2.87. The number of hydrogen-bond donors (Lipinski definition) is 1. The first-order valence-electron chi connectivity index (χ1n) is 10.5. The van der Waals surface area contributed by atoms with Crippen molar-refractivity contribution in [3.8, 4) is 0 Å². The van der Waals surface area contributed by atoms with Gasteiger partial charge in [-0.05, 0) is 41.5 Å². The quantitative estimate of drug-likeness (QED) is 0.568. The first-order valence-corrected chi connectivity index (χ1v) is 11.8. The molecule has 7 nitrogen and oxygen atoms in total. The van der Waals surface area contributed by atoms with Crippen molar-refractivity contribution in [3.05, 3.63) is 105 Å². The minimum Gasteiger partial charge on any atom is -0.465 e. The van der Waals surface area contributed by atoms with Crippen molar-refractivity contribution in [2.45, 2.75) is 11.9 Å². The fourth-order valence-corrected chi connectivity index (χ4v) is 4.68. The van der Waals surface area contributed by atoms with Gasteiger partial charge in [0.2, 0.25) is 0 Å². The van der Waals surface area contributed by atoms with Crippen LogP contribution in [0.1, 0.15) is 27.7 Å². The molecule has 170 valence electrons. The first kappa shape index (κ1) is 22.2. The molecule has 9 heteroatoms. The van der Waals surface area contributed by atoms with Crippen LogP contribution >= 0.6 is 23.4 Å². The van der Waals surface area contributed by atoms with E-state index >= 15 is 0 Å². The monoisotopic (exact) mass is 490 g/mol. The summed E-state index contributed by atoms with van der Waals surface area (Å²) in [5.41, 5.74) is 2.72. The summed E-state index contributed by atoms with van der Waals surface area (Å²) in [6.07, 6.45) is -0.561. The van der Waals surface area contributed by atoms with E-state index in [1.807, 2.05) is 48.5 Å². The number of hydrogen-bond acceptors (Lipinski definition) is 7. The van der Waals surface area contributed by atoms with E-state index in [0.29, 0.717) is 37.8 Å². The molecule has 2 aliphatic heterocycles. The number of amides is 1. The van der Waals surface area contributed by atoms with Gasteiger partial charge in [-0.2, -0.15) is 0 Å². The van der Waals surface area contributed by atoms with Crippen molar-refractivity contribution in [1.82, 2.24) is 10.3 Å². The lowest BCUT2D eigenvalue weighted by atomic mass is 10.1. The van der Waals surface area contributed by atoms with E-state index in [4.69, 9.17) is 26.4 Å². The predicted molar refractivity (Wildman–Crippen MR) is 131 cm³/mol. The number of para-hydroxylation sites is 1. The first-order chi connectivity index (χ1) is 16.5. The summed E-state index contributed by atoms with van der Waals surface area (Å²) < 4.78 is 4.79. The maximum absolute atomic E-state index is 13.2. The zero-order chi connectivity index (χ0) is 23.7. The van der Waals surface area contributed by atoms with E-state index in [2.05, 4.69) is 5.32 Å². The maximum atomic E-state index is 13.2. The summed E-state index contributed by atoms with van der Waals surface area (Å²) in [6, 6.07) is 22.0. The Labute approximate surface area is 204 Å². The van der Waals surface area contributed by atoms with Gasteiger partial charge in [0, 0.05) is 16.0 Å². The Kier molecular flexibility index (Phi) is 6.08. The Balaban J connectivity index is 1.52. The minimum atomic E-state index is -0.561. The third-order valence-electron chi connectivity index (χ3n) is 5.43. The van der Waals surface area contributed by atoms with Crippen LogP contribution in [0.3, 0.4) is 0 Å². The summed E-state index contributed by atoms with van der Waals surface area (Å²) in [5.74, 6) is -0.0424. The van der Waals surface area contributed by atoms with E-state index in [0.717, 1.165) is 11.1 Å². The minimum absolute atomic E-state index is 0.243. The van der Waals surface area contributed by atoms with Crippen LogP contribution in [0.25, 0.3) is 5.70 Å². The second-order valence-corrected chi connectivity index (χ2v) is 9.00. The van der Waals surface area contributed by atoms with Gasteiger partial charge in [0.15, 0.2) is 11.3 Å².